The SMILES string of the molecule is CCNc1cc(C(F)(F)F)cc(OC2CCCCC2)n1. The van der Waals surface area contributed by atoms with Crippen molar-refractivity contribution < 1.29 is 17.9 Å². The van der Waals surface area contributed by atoms with Crippen LogP contribution in [-0.2, 0) is 6.18 Å². The zero-order chi connectivity index (χ0) is 14.6. The molecule has 0 amide bonds. The zero-order valence-electron chi connectivity index (χ0n) is 11.5. The number of hydrogen-bond donors (Lipinski definition) is 1. The first-order valence-corrected chi connectivity index (χ1v) is 6.99. The van der Waals surface area contributed by atoms with Crippen LogP contribution >= 0.6 is 0 Å². The van der Waals surface area contributed by atoms with E-state index in [1.54, 1.807) is 0 Å². The second kappa shape index (κ2) is 6.33. The highest BCUT2D eigenvalue weighted by molar-refractivity contribution is 5.42. The minimum Gasteiger partial charge on any atom is -0.474 e. The Bertz CT molecular complexity index is 443. The van der Waals surface area contributed by atoms with Crippen molar-refractivity contribution in [3.05, 3.63) is 17.7 Å². The Morgan fingerprint density at radius 2 is 1.95 bits per heavy atom. The molecule has 1 saturated carbocycles. The fraction of sp³-hybridized carbons (Fsp3) is 0.643. The van der Waals surface area contributed by atoms with Crippen LogP contribution < -0.4 is 10.1 Å². The molecule has 1 aromatic rings. The number of nitrogens with zero attached hydrogens (tertiary/aromatic N) is 1. The predicted molar refractivity (Wildman–Crippen MR) is 70.9 cm³/mol. The summed E-state index contributed by atoms with van der Waals surface area (Å²) < 4.78 is 44.2. The lowest BCUT2D eigenvalue weighted by molar-refractivity contribution is -0.137. The summed E-state index contributed by atoms with van der Waals surface area (Å²) in [6.07, 6.45) is 0.640. The summed E-state index contributed by atoms with van der Waals surface area (Å²) in [5, 5.41) is 2.81. The largest absolute Gasteiger partial charge is 0.474 e. The number of ether oxygens (including phenoxy) is 1. The van der Waals surface area contributed by atoms with Gasteiger partial charge in [0, 0.05) is 12.6 Å². The Kier molecular flexibility index (Phi) is 4.73. The summed E-state index contributed by atoms with van der Waals surface area (Å²) in [5.74, 6) is 0.260. The van der Waals surface area contributed by atoms with Crippen molar-refractivity contribution >= 4 is 5.82 Å². The number of anilines is 1. The number of pyridine rings is 1. The third-order valence-electron chi connectivity index (χ3n) is 3.33. The molecule has 1 aromatic heterocycles. The lowest BCUT2D eigenvalue weighted by atomic mass is 9.98. The number of hydrogen-bond acceptors (Lipinski definition) is 3. The maximum atomic E-state index is 12.9. The van der Waals surface area contributed by atoms with Crippen molar-refractivity contribution in [2.45, 2.75) is 51.3 Å². The summed E-state index contributed by atoms with van der Waals surface area (Å²) in [4.78, 5) is 4.10. The number of aromatic nitrogens is 1. The summed E-state index contributed by atoms with van der Waals surface area (Å²) in [5.41, 5.74) is -0.728. The molecule has 2 rings (SSSR count). The van der Waals surface area contributed by atoms with Gasteiger partial charge in [0.05, 0.1) is 5.56 Å². The highest BCUT2D eigenvalue weighted by Crippen LogP contribution is 2.33. The Morgan fingerprint density at radius 3 is 2.55 bits per heavy atom. The van der Waals surface area contributed by atoms with Crippen molar-refractivity contribution in [1.82, 2.24) is 4.98 Å². The van der Waals surface area contributed by atoms with Crippen molar-refractivity contribution in [2.75, 3.05) is 11.9 Å². The average molecular weight is 288 g/mol. The summed E-state index contributed by atoms with van der Waals surface area (Å²) in [7, 11) is 0. The van der Waals surface area contributed by atoms with Crippen molar-refractivity contribution in [3.63, 3.8) is 0 Å². The van der Waals surface area contributed by atoms with Crippen LogP contribution in [-0.4, -0.2) is 17.6 Å². The van der Waals surface area contributed by atoms with E-state index in [1.165, 1.54) is 6.42 Å². The van der Waals surface area contributed by atoms with Gasteiger partial charge in [-0.05, 0) is 38.7 Å². The number of rotatable bonds is 4. The van der Waals surface area contributed by atoms with Gasteiger partial charge in [-0.2, -0.15) is 18.2 Å². The maximum Gasteiger partial charge on any atom is 0.416 e. The number of nitrogens with one attached hydrogen (secondary N) is 1. The van der Waals surface area contributed by atoms with Crippen molar-refractivity contribution in [1.29, 1.82) is 0 Å². The molecule has 20 heavy (non-hydrogen) atoms. The first-order chi connectivity index (χ1) is 9.49. The Balaban J connectivity index is 2.19. The topological polar surface area (TPSA) is 34.1 Å². The summed E-state index contributed by atoms with van der Waals surface area (Å²) >= 11 is 0. The molecule has 0 aromatic carbocycles. The van der Waals surface area contributed by atoms with Gasteiger partial charge in [-0.25, -0.2) is 0 Å². The molecule has 6 heteroatoms. The van der Waals surface area contributed by atoms with Gasteiger partial charge in [0.2, 0.25) is 5.88 Å². The van der Waals surface area contributed by atoms with Crippen LogP contribution in [0.2, 0.25) is 0 Å². The summed E-state index contributed by atoms with van der Waals surface area (Å²) in [6.45, 7) is 2.32. The fourth-order valence-corrected chi connectivity index (χ4v) is 2.35. The van der Waals surface area contributed by atoms with Crippen LogP contribution in [0.1, 0.15) is 44.6 Å². The predicted octanol–water partition coefficient (Wildman–Crippen LogP) is 4.24. The van der Waals surface area contributed by atoms with E-state index in [4.69, 9.17) is 4.74 Å². The van der Waals surface area contributed by atoms with Crippen molar-refractivity contribution in [2.24, 2.45) is 0 Å². The quantitative estimate of drug-likeness (QED) is 0.899. The molecule has 0 aliphatic heterocycles. The van der Waals surface area contributed by atoms with Crippen LogP contribution in [0, 0.1) is 0 Å². The molecular formula is C14H19F3N2O. The van der Waals surface area contributed by atoms with Gasteiger partial charge in [0.1, 0.15) is 11.9 Å². The van der Waals surface area contributed by atoms with Crippen LogP contribution in [0.4, 0.5) is 19.0 Å². The average Bonchev–Trinajstić information content (AvgIpc) is 2.39. The molecule has 0 spiro atoms. The molecule has 1 heterocycles. The van der Waals surface area contributed by atoms with Gasteiger partial charge >= 0.3 is 6.18 Å². The normalized spacial score (nSPS) is 17.0. The first-order valence-electron chi connectivity index (χ1n) is 6.99. The Hall–Kier alpha value is -1.46. The Labute approximate surface area is 116 Å². The molecule has 0 radical (unpaired) electrons. The molecule has 1 aliphatic carbocycles. The molecule has 3 nitrogen and oxygen atoms in total. The third-order valence-corrected chi connectivity index (χ3v) is 3.33. The van der Waals surface area contributed by atoms with E-state index in [-0.39, 0.29) is 17.8 Å². The van der Waals surface area contributed by atoms with Crippen LogP contribution in [0.25, 0.3) is 0 Å². The molecule has 1 fully saturated rings. The van der Waals surface area contributed by atoms with Gasteiger partial charge in [-0.1, -0.05) is 6.42 Å². The highest BCUT2D eigenvalue weighted by atomic mass is 19.4. The molecule has 0 atom stereocenters. The van der Waals surface area contributed by atoms with Gasteiger partial charge in [0.15, 0.2) is 0 Å². The lowest BCUT2D eigenvalue weighted by Gasteiger charge is -2.23. The molecular weight excluding hydrogens is 269 g/mol. The van der Waals surface area contributed by atoms with Crippen LogP contribution in [0.5, 0.6) is 5.88 Å². The molecule has 0 unspecified atom stereocenters. The second-order valence-corrected chi connectivity index (χ2v) is 4.99. The number of alkyl halides is 3. The summed E-state index contributed by atoms with van der Waals surface area (Å²) in [6, 6.07) is 1.99. The molecule has 0 bridgehead atoms. The number of halogens is 3. The minimum atomic E-state index is -4.39. The van der Waals surface area contributed by atoms with E-state index in [9.17, 15) is 13.2 Å². The smallest absolute Gasteiger partial charge is 0.416 e. The molecule has 0 saturated heterocycles. The minimum absolute atomic E-state index is 0.0192. The van der Waals surface area contributed by atoms with E-state index >= 15 is 0 Å². The first kappa shape index (κ1) is 14.9. The van der Waals surface area contributed by atoms with Crippen LogP contribution in [0.3, 0.4) is 0 Å². The lowest BCUT2D eigenvalue weighted by Crippen LogP contribution is -2.21. The third kappa shape index (κ3) is 4.02. The molecule has 1 N–H and O–H groups in total. The second-order valence-electron chi connectivity index (χ2n) is 4.99. The van der Waals surface area contributed by atoms with E-state index in [0.717, 1.165) is 37.8 Å². The van der Waals surface area contributed by atoms with E-state index in [2.05, 4.69) is 10.3 Å². The van der Waals surface area contributed by atoms with Gasteiger partial charge < -0.3 is 10.1 Å². The van der Waals surface area contributed by atoms with Crippen LogP contribution in [0.15, 0.2) is 12.1 Å². The fourth-order valence-electron chi connectivity index (χ4n) is 2.35. The maximum absolute atomic E-state index is 12.9. The van der Waals surface area contributed by atoms with E-state index < -0.39 is 11.7 Å². The Morgan fingerprint density at radius 1 is 1.25 bits per heavy atom. The monoisotopic (exact) mass is 288 g/mol. The standard InChI is InChI=1S/C14H19F3N2O/c1-2-18-12-8-10(14(15,16)17)9-13(19-12)20-11-6-4-3-5-7-11/h8-9,11H,2-7H2,1H3,(H,18,19). The zero-order valence-corrected chi connectivity index (χ0v) is 11.5. The van der Waals surface area contributed by atoms with Gasteiger partial charge in [0.25, 0.3) is 0 Å². The molecule has 112 valence electrons. The van der Waals surface area contributed by atoms with Crippen molar-refractivity contribution in [3.8, 4) is 5.88 Å². The van der Waals surface area contributed by atoms with Gasteiger partial charge in [-0.15, -0.1) is 0 Å². The molecule has 1 aliphatic rings. The van der Waals surface area contributed by atoms with Gasteiger partial charge in [-0.3, -0.25) is 0 Å². The van der Waals surface area contributed by atoms with E-state index in [0.29, 0.717) is 6.54 Å². The van der Waals surface area contributed by atoms with E-state index in [1.807, 2.05) is 6.92 Å². The highest BCUT2D eigenvalue weighted by Gasteiger charge is 2.32.